The van der Waals surface area contributed by atoms with Crippen molar-refractivity contribution in [1.82, 2.24) is 4.90 Å². The first-order valence-corrected chi connectivity index (χ1v) is 6.20. The van der Waals surface area contributed by atoms with Crippen molar-refractivity contribution in [2.75, 3.05) is 19.6 Å². The number of hydrogen-bond acceptors (Lipinski definition) is 2. The van der Waals surface area contributed by atoms with Gasteiger partial charge in [-0.05, 0) is 37.6 Å². The van der Waals surface area contributed by atoms with Gasteiger partial charge < -0.3 is 10.0 Å². The Morgan fingerprint density at radius 2 is 1.75 bits per heavy atom. The number of carboxylic acids is 1. The van der Waals surface area contributed by atoms with E-state index in [2.05, 4.69) is 4.90 Å². The van der Waals surface area contributed by atoms with Gasteiger partial charge in [0.15, 0.2) is 0 Å². The topological polar surface area (TPSA) is 40.5 Å². The van der Waals surface area contributed by atoms with Crippen molar-refractivity contribution in [2.45, 2.75) is 38.5 Å². The van der Waals surface area contributed by atoms with Gasteiger partial charge in [0.25, 0.3) is 0 Å². The molecule has 1 aliphatic carbocycles. The van der Waals surface area contributed by atoms with E-state index >= 15 is 0 Å². The largest absolute Gasteiger partial charge is 0.481 e. The van der Waals surface area contributed by atoms with Crippen molar-refractivity contribution in [3.05, 3.63) is 0 Å². The summed E-state index contributed by atoms with van der Waals surface area (Å²) in [6.45, 7) is 3.44. The molecule has 1 aliphatic heterocycles. The number of likely N-dealkylation sites (tertiary alicyclic amines) is 1. The Labute approximate surface area is 104 Å². The summed E-state index contributed by atoms with van der Waals surface area (Å²) in [6.07, 6.45) is 6.76. The summed E-state index contributed by atoms with van der Waals surface area (Å²) >= 11 is 0. The van der Waals surface area contributed by atoms with E-state index in [-0.39, 0.29) is 12.4 Å². The lowest BCUT2D eigenvalue weighted by atomic mass is 9.82. The van der Waals surface area contributed by atoms with Crippen molar-refractivity contribution in [3.63, 3.8) is 0 Å². The average molecular weight is 248 g/mol. The molecule has 1 saturated carbocycles. The summed E-state index contributed by atoms with van der Waals surface area (Å²) in [7, 11) is 0. The standard InChI is InChI=1S/C12H21NO2.ClH/c14-12(15)6-3-7-13-8-10-4-1-2-5-11(10)9-13;/h10-11H,1-9H2,(H,14,15);1H. The molecule has 1 saturated heterocycles. The first-order valence-electron chi connectivity index (χ1n) is 6.20. The van der Waals surface area contributed by atoms with Crippen LogP contribution in [0.15, 0.2) is 0 Å². The first-order chi connectivity index (χ1) is 7.25. The van der Waals surface area contributed by atoms with Gasteiger partial charge in [-0.2, -0.15) is 0 Å². The molecule has 16 heavy (non-hydrogen) atoms. The molecule has 2 unspecified atom stereocenters. The molecule has 0 amide bonds. The van der Waals surface area contributed by atoms with Crippen LogP contribution in [0.25, 0.3) is 0 Å². The van der Waals surface area contributed by atoms with Crippen LogP contribution in [0.1, 0.15) is 38.5 Å². The minimum absolute atomic E-state index is 0. The minimum Gasteiger partial charge on any atom is -0.481 e. The van der Waals surface area contributed by atoms with Gasteiger partial charge in [-0.1, -0.05) is 12.8 Å². The maximum atomic E-state index is 10.4. The van der Waals surface area contributed by atoms with E-state index in [1.54, 1.807) is 0 Å². The van der Waals surface area contributed by atoms with E-state index in [4.69, 9.17) is 5.11 Å². The lowest BCUT2D eigenvalue weighted by Gasteiger charge is -2.23. The molecule has 0 aromatic carbocycles. The quantitative estimate of drug-likeness (QED) is 0.829. The fraction of sp³-hybridized carbons (Fsp3) is 0.917. The molecule has 1 N–H and O–H groups in total. The van der Waals surface area contributed by atoms with E-state index in [0.717, 1.165) is 24.8 Å². The maximum Gasteiger partial charge on any atom is 0.303 e. The normalized spacial score (nSPS) is 29.5. The van der Waals surface area contributed by atoms with Crippen LogP contribution in [0.5, 0.6) is 0 Å². The zero-order chi connectivity index (χ0) is 10.7. The van der Waals surface area contributed by atoms with Crippen LogP contribution >= 0.6 is 12.4 Å². The van der Waals surface area contributed by atoms with Crippen molar-refractivity contribution < 1.29 is 9.90 Å². The highest BCUT2D eigenvalue weighted by atomic mass is 35.5. The Balaban J connectivity index is 0.00000128. The molecule has 2 rings (SSSR count). The van der Waals surface area contributed by atoms with Crippen LogP contribution in [0.3, 0.4) is 0 Å². The molecule has 0 aromatic heterocycles. The molecule has 2 aliphatic rings. The molecule has 94 valence electrons. The van der Waals surface area contributed by atoms with Crippen LogP contribution < -0.4 is 0 Å². The summed E-state index contributed by atoms with van der Waals surface area (Å²) in [6, 6.07) is 0. The van der Waals surface area contributed by atoms with E-state index < -0.39 is 5.97 Å². The number of aliphatic carboxylic acids is 1. The third kappa shape index (κ3) is 3.63. The van der Waals surface area contributed by atoms with Crippen molar-refractivity contribution >= 4 is 18.4 Å². The Morgan fingerprint density at radius 3 is 2.25 bits per heavy atom. The molecule has 0 spiro atoms. The van der Waals surface area contributed by atoms with Crippen molar-refractivity contribution in [3.8, 4) is 0 Å². The van der Waals surface area contributed by atoms with Crippen LogP contribution in [-0.2, 0) is 4.79 Å². The molecule has 2 fully saturated rings. The fourth-order valence-electron chi connectivity index (χ4n) is 3.14. The molecule has 3 nitrogen and oxygen atoms in total. The monoisotopic (exact) mass is 247 g/mol. The van der Waals surface area contributed by atoms with Gasteiger partial charge in [-0.25, -0.2) is 0 Å². The molecular formula is C12H22ClNO2. The number of carbonyl (C=O) groups is 1. The van der Waals surface area contributed by atoms with E-state index in [1.165, 1.54) is 38.8 Å². The third-order valence-electron chi connectivity index (χ3n) is 3.92. The molecule has 0 aromatic rings. The molecular weight excluding hydrogens is 226 g/mol. The van der Waals surface area contributed by atoms with Gasteiger partial charge in [0.2, 0.25) is 0 Å². The molecule has 0 bridgehead atoms. The second-order valence-corrected chi connectivity index (χ2v) is 5.06. The Kier molecular flexibility index (Phi) is 5.56. The summed E-state index contributed by atoms with van der Waals surface area (Å²) in [5.41, 5.74) is 0. The number of hydrogen-bond donors (Lipinski definition) is 1. The first kappa shape index (κ1) is 13.8. The molecule has 2 atom stereocenters. The van der Waals surface area contributed by atoms with Gasteiger partial charge in [-0.15, -0.1) is 12.4 Å². The predicted octanol–water partition coefficient (Wildman–Crippen LogP) is 2.40. The second kappa shape index (κ2) is 6.45. The van der Waals surface area contributed by atoms with Gasteiger partial charge >= 0.3 is 5.97 Å². The smallest absolute Gasteiger partial charge is 0.303 e. The number of nitrogens with zero attached hydrogens (tertiary/aromatic N) is 1. The van der Waals surface area contributed by atoms with Gasteiger partial charge in [0.05, 0.1) is 0 Å². The van der Waals surface area contributed by atoms with Gasteiger partial charge in [-0.3, -0.25) is 4.79 Å². The Bertz CT molecular complexity index is 221. The van der Waals surface area contributed by atoms with E-state index in [0.29, 0.717) is 6.42 Å². The summed E-state index contributed by atoms with van der Waals surface area (Å²) in [4.78, 5) is 12.9. The van der Waals surface area contributed by atoms with E-state index in [9.17, 15) is 4.79 Å². The number of rotatable bonds is 4. The van der Waals surface area contributed by atoms with Crippen LogP contribution in [0.2, 0.25) is 0 Å². The predicted molar refractivity (Wildman–Crippen MR) is 66.0 cm³/mol. The van der Waals surface area contributed by atoms with Crippen molar-refractivity contribution in [1.29, 1.82) is 0 Å². The van der Waals surface area contributed by atoms with Crippen LogP contribution in [0.4, 0.5) is 0 Å². The highest BCUT2D eigenvalue weighted by Gasteiger charge is 2.33. The highest BCUT2D eigenvalue weighted by Crippen LogP contribution is 2.35. The van der Waals surface area contributed by atoms with E-state index in [1.807, 2.05) is 0 Å². The summed E-state index contributed by atoms with van der Waals surface area (Å²) in [5, 5.41) is 8.58. The third-order valence-corrected chi connectivity index (χ3v) is 3.92. The number of carboxylic acid groups (broad SMARTS) is 1. The maximum absolute atomic E-state index is 10.4. The van der Waals surface area contributed by atoms with Gasteiger partial charge in [0.1, 0.15) is 0 Å². The van der Waals surface area contributed by atoms with Gasteiger partial charge in [0, 0.05) is 19.5 Å². The zero-order valence-corrected chi connectivity index (χ0v) is 10.5. The molecule has 4 heteroatoms. The highest BCUT2D eigenvalue weighted by molar-refractivity contribution is 5.85. The zero-order valence-electron chi connectivity index (χ0n) is 9.73. The number of halogens is 1. The van der Waals surface area contributed by atoms with Crippen molar-refractivity contribution in [2.24, 2.45) is 11.8 Å². The summed E-state index contributed by atoms with van der Waals surface area (Å²) in [5.74, 6) is 1.18. The van der Waals surface area contributed by atoms with Crippen LogP contribution in [0, 0.1) is 11.8 Å². The van der Waals surface area contributed by atoms with Crippen LogP contribution in [-0.4, -0.2) is 35.6 Å². The lowest BCUT2D eigenvalue weighted by Crippen LogP contribution is -2.22. The lowest BCUT2D eigenvalue weighted by molar-refractivity contribution is -0.137. The Hall–Kier alpha value is -0.280. The SMILES string of the molecule is Cl.O=C(O)CCCN1CC2CCCCC2C1. The second-order valence-electron chi connectivity index (χ2n) is 5.06. The fourth-order valence-corrected chi connectivity index (χ4v) is 3.14. The average Bonchev–Trinajstić information content (AvgIpc) is 2.59. The minimum atomic E-state index is -0.661. The molecule has 1 heterocycles. The summed E-state index contributed by atoms with van der Waals surface area (Å²) < 4.78 is 0. The molecule has 0 radical (unpaired) electrons. The Morgan fingerprint density at radius 1 is 1.19 bits per heavy atom. The number of fused-ring (bicyclic) bond motifs is 1.